The minimum Gasteiger partial charge on any atom is -0.507 e. The predicted molar refractivity (Wildman–Crippen MR) is 86.3 cm³/mol. The zero-order chi connectivity index (χ0) is 16.2. The van der Waals surface area contributed by atoms with E-state index in [0.717, 1.165) is 10.8 Å². The molecule has 0 spiro atoms. The van der Waals surface area contributed by atoms with Crippen molar-refractivity contribution in [2.24, 2.45) is 0 Å². The molecule has 3 aromatic carbocycles. The van der Waals surface area contributed by atoms with Crippen LogP contribution in [-0.4, -0.2) is 18.1 Å². The van der Waals surface area contributed by atoms with Crippen molar-refractivity contribution in [3.8, 4) is 5.75 Å². The maximum absolute atomic E-state index is 10.5. The summed E-state index contributed by atoms with van der Waals surface area (Å²) >= 11 is 0. The van der Waals surface area contributed by atoms with Crippen molar-refractivity contribution in [1.29, 1.82) is 0 Å². The summed E-state index contributed by atoms with van der Waals surface area (Å²) in [6.45, 7) is 0. The van der Waals surface area contributed by atoms with E-state index in [1.165, 1.54) is 24.3 Å². The normalized spacial score (nSPS) is 10.8. The summed E-state index contributed by atoms with van der Waals surface area (Å²) in [7, 11) is -4.08. The monoisotopic (exact) mass is 317 g/mol. The third-order valence-corrected chi connectivity index (χ3v) is 3.81. The molecule has 0 aromatic heterocycles. The SMILES string of the molecule is Nc1ccc(S(=O)(=O)O)cc1.Oc1cccc2ccccc12. The number of hydrogen-bond acceptors (Lipinski definition) is 4. The summed E-state index contributed by atoms with van der Waals surface area (Å²) in [6.07, 6.45) is 0. The van der Waals surface area contributed by atoms with Crippen molar-refractivity contribution >= 4 is 26.6 Å². The van der Waals surface area contributed by atoms with E-state index in [1.54, 1.807) is 6.07 Å². The van der Waals surface area contributed by atoms with E-state index < -0.39 is 10.1 Å². The zero-order valence-electron chi connectivity index (χ0n) is 11.5. The fourth-order valence-electron chi connectivity index (χ4n) is 1.85. The predicted octanol–water partition coefficient (Wildman–Crippen LogP) is 3.06. The van der Waals surface area contributed by atoms with Gasteiger partial charge in [-0.15, -0.1) is 0 Å². The number of nitrogens with two attached hydrogens (primary N) is 1. The molecule has 6 heteroatoms. The Labute approximate surface area is 128 Å². The maximum Gasteiger partial charge on any atom is 0.294 e. The molecule has 0 unspecified atom stereocenters. The van der Waals surface area contributed by atoms with Gasteiger partial charge in [0.1, 0.15) is 5.75 Å². The van der Waals surface area contributed by atoms with Gasteiger partial charge in [0.05, 0.1) is 4.90 Å². The zero-order valence-corrected chi connectivity index (χ0v) is 12.4. The molecule has 0 radical (unpaired) electrons. The van der Waals surface area contributed by atoms with Crippen LogP contribution in [0.15, 0.2) is 71.6 Å². The van der Waals surface area contributed by atoms with Gasteiger partial charge in [0.2, 0.25) is 0 Å². The summed E-state index contributed by atoms with van der Waals surface area (Å²) < 4.78 is 29.4. The number of fused-ring (bicyclic) bond motifs is 1. The Bertz CT molecular complexity index is 869. The van der Waals surface area contributed by atoms with Crippen molar-refractivity contribution in [2.75, 3.05) is 5.73 Å². The number of rotatable bonds is 1. The number of phenolic OH excluding ortho intramolecular Hbond substituents is 1. The van der Waals surface area contributed by atoms with E-state index in [2.05, 4.69) is 0 Å². The molecule has 0 aliphatic carbocycles. The minimum absolute atomic E-state index is 0.147. The molecule has 0 aliphatic heterocycles. The molecule has 0 bridgehead atoms. The Morgan fingerprint density at radius 1 is 0.818 bits per heavy atom. The van der Waals surface area contributed by atoms with Crippen LogP contribution in [0.5, 0.6) is 5.75 Å². The first-order valence-corrected chi connectivity index (χ1v) is 7.82. The second-order valence-electron chi connectivity index (χ2n) is 4.54. The third-order valence-electron chi connectivity index (χ3n) is 2.94. The largest absolute Gasteiger partial charge is 0.507 e. The van der Waals surface area contributed by atoms with Gasteiger partial charge in [0, 0.05) is 11.1 Å². The number of aromatic hydroxyl groups is 1. The lowest BCUT2D eigenvalue weighted by atomic mass is 10.1. The molecule has 0 fully saturated rings. The Morgan fingerprint density at radius 2 is 1.41 bits per heavy atom. The van der Waals surface area contributed by atoms with Crippen LogP contribution >= 0.6 is 0 Å². The van der Waals surface area contributed by atoms with Crippen LogP contribution in [-0.2, 0) is 10.1 Å². The highest BCUT2D eigenvalue weighted by Gasteiger charge is 2.06. The van der Waals surface area contributed by atoms with Crippen LogP contribution < -0.4 is 5.73 Å². The van der Waals surface area contributed by atoms with Gasteiger partial charge in [0.15, 0.2) is 0 Å². The molecular weight excluding hydrogens is 302 g/mol. The van der Waals surface area contributed by atoms with Gasteiger partial charge in [-0.25, -0.2) is 0 Å². The third kappa shape index (κ3) is 3.97. The highest BCUT2D eigenvalue weighted by Crippen LogP contribution is 2.22. The van der Waals surface area contributed by atoms with Crippen LogP contribution in [0, 0.1) is 0 Å². The van der Waals surface area contributed by atoms with Crippen molar-refractivity contribution in [3.05, 3.63) is 66.7 Å². The van der Waals surface area contributed by atoms with Gasteiger partial charge in [-0.05, 0) is 35.7 Å². The lowest BCUT2D eigenvalue weighted by molar-refractivity contribution is 0.481. The van der Waals surface area contributed by atoms with E-state index in [-0.39, 0.29) is 4.90 Å². The van der Waals surface area contributed by atoms with Gasteiger partial charge in [-0.3, -0.25) is 4.55 Å². The van der Waals surface area contributed by atoms with Crippen LogP contribution in [0.3, 0.4) is 0 Å². The highest BCUT2D eigenvalue weighted by atomic mass is 32.2. The van der Waals surface area contributed by atoms with Crippen molar-refractivity contribution in [3.63, 3.8) is 0 Å². The number of benzene rings is 3. The molecule has 114 valence electrons. The van der Waals surface area contributed by atoms with E-state index >= 15 is 0 Å². The highest BCUT2D eigenvalue weighted by molar-refractivity contribution is 7.85. The molecule has 0 heterocycles. The van der Waals surface area contributed by atoms with Gasteiger partial charge >= 0.3 is 0 Å². The summed E-state index contributed by atoms with van der Waals surface area (Å²) in [5.41, 5.74) is 5.75. The van der Waals surface area contributed by atoms with E-state index in [9.17, 15) is 13.5 Å². The molecular formula is C16H15NO4S. The maximum atomic E-state index is 10.5. The quantitative estimate of drug-likeness (QED) is 0.473. The summed E-state index contributed by atoms with van der Waals surface area (Å²) in [4.78, 5) is -0.147. The van der Waals surface area contributed by atoms with Gasteiger partial charge in [0.25, 0.3) is 10.1 Å². The van der Waals surface area contributed by atoms with Gasteiger partial charge < -0.3 is 10.8 Å². The smallest absolute Gasteiger partial charge is 0.294 e. The summed E-state index contributed by atoms with van der Waals surface area (Å²) in [6, 6.07) is 18.6. The molecule has 3 rings (SSSR count). The fourth-order valence-corrected chi connectivity index (χ4v) is 2.33. The first-order chi connectivity index (χ1) is 10.4. The topological polar surface area (TPSA) is 101 Å². The molecule has 0 amide bonds. The van der Waals surface area contributed by atoms with Crippen molar-refractivity contribution in [2.45, 2.75) is 4.90 Å². The minimum atomic E-state index is -4.08. The summed E-state index contributed by atoms with van der Waals surface area (Å²) in [5, 5.41) is 11.4. The summed E-state index contributed by atoms with van der Waals surface area (Å²) in [5.74, 6) is 0.350. The Kier molecular flexibility index (Phi) is 4.65. The molecule has 0 saturated heterocycles. The van der Waals surface area contributed by atoms with Crippen molar-refractivity contribution in [1.82, 2.24) is 0 Å². The lowest BCUT2D eigenvalue weighted by Gasteiger charge is -1.97. The Hall–Kier alpha value is -2.57. The lowest BCUT2D eigenvalue weighted by Crippen LogP contribution is -1.97. The average molecular weight is 317 g/mol. The number of anilines is 1. The van der Waals surface area contributed by atoms with Crippen LogP contribution in [0.25, 0.3) is 10.8 Å². The van der Waals surface area contributed by atoms with E-state index in [4.69, 9.17) is 10.3 Å². The molecule has 0 aliphatic rings. The molecule has 5 nitrogen and oxygen atoms in total. The van der Waals surface area contributed by atoms with E-state index in [1.807, 2.05) is 36.4 Å². The van der Waals surface area contributed by atoms with Crippen LogP contribution in [0.1, 0.15) is 0 Å². The van der Waals surface area contributed by atoms with E-state index in [0.29, 0.717) is 11.4 Å². The first kappa shape index (κ1) is 15.8. The molecule has 0 atom stereocenters. The van der Waals surface area contributed by atoms with Crippen LogP contribution in [0.2, 0.25) is 0 Å². The van der Waals surface area contributed by atoms with Gasteiger partial charge in [-0.1, -0.05) is 36.4 Å². The van der Waals surface area contributed by atoms with Gasteiger partial charge in [-0.2, -0.15) is 8.42 Å². The number of hydrogen-bond donors (Lipinski definition) is 3. The fraction of sp³-hybridized carbons (Fsp3) is 0. The van der Waals surface area contributed by atoms with Crippen LogP contribution in [0.4, 0.5) is 5.69 Å². The van der Waals surface area contributed by atoms with Crippen molar-refractivity contribution < 1.29 is 18.1 Å². The average Bonchev–Trinajstić information content (AvgIpc) is 2.48. The Morgan fingerprint density at radius 3 is 2.00 bits per heavy atom. The molecule has 4 N–H and O–H groups in total. The second-order valence-corrected chi connectivity index (χ2v) is 5.96. The second kappa shape index (κ2) is 6.46. The first-order valence-electron chi connectivity index (χ1n) is 6.38. The Balaban J connectivity index is 0.000000160. The number of nitrogen functional groups attached to an aromatic ring is 1. The molecule has 3 aromatic rings. The number of phenols is 1. The standard InChI is InChI=1S/C10H8O.C6H7NO3S/c11-10-7-3-5-8-4-1-2-6-9(8)10;7-5-1-3-6(4-2-5)11(8,9)10/h1-7,11H;1-4H,7H2,(H,8,9,10). The molecule has 22 heavy (non-hydrogen) atoms. The molecule has 0 saturated carbocycles.